The molecule has 0 unspecified atom stereocenters. The van der Waals surface area contributed by atoms with Gasteiger partial charge < -0.3 is 9.64 Å². The largest absolute Gasteiger partial charge is 0.464 e. The zero-order valence-corrected chi connectivity index (χ0v) is 10.7. The number of likely N-dealkylation sites (N-methyl/N-ethyl adjacent to an activating group) is 1. The molecule has 0 amide bonds. The molecule has 0 aliphatic carbocycles. The molecule has 0 fully saturated rings. The van der Waals surface area contributed by atoms with E-state index < -0.39 is 0 Å². The van der Waals surface area contributed by atoms with Gasteiger partial charge in [0.1, 0.15) is 6.61 Å². The van der Waals surface area contributed by atoms with E-state index in [9.17, 15) is 4.79 Å². The van der Waals surface area contributed by atoms with Crippen molar-refractivity contribution >= 4 is 5.97 Å². The molecule has 0 spiro atoms. The zero-order valence-electron chi connectivity index (χ0n) is 10.7. The van der Waals surface area contributed by atoms with Crippen LogP contribution < -0.4 is 0 Å². The predicted molar refractivity (Wildman–Crippen MR) is 68.9 cm³/mol. The second-order valence-corrected chi connectivity index (χ2v) is 3.91. The molecule has 1 aromatic rings. The molecule has 3 nitrogen and oxygen atoms in total. The van der Waals surface area contributed by atoms with Gasteiger partial charge in [0, 0.05) is 6.54 Å². The van der Waals surface area contributed by atoms with E-state index in [2.05, 4.69) is 18.7 Å². The van der Waals surface area contributed by atoms with E-state index in [1.807, 2.05) is 30.3 Å². The quantitative estimate of drug-likeness (QED) is 0.678. The maximum absolute atomic E-state index is 11.5. The lowest BCUT2D eigenvalue weighted by Crippen LogP contribution is -2.28. The number of benzene rings is 1. The molecular weight excluding hydrogens is 214 g/mol. The monoisotopic (exact) mass is 235 g/mol. The van der Waals surface area contributed by atoms with Crippen molar-refractivity contribution in [2.45, 2.75) is 20.3 Å². The molecule has 94 valence electrons. The van der Waals surface area contributed by atoms with E-state index in [-0.39, 0.29) is 5.97 Å². The van der Waals surface area contributed by atoms with Crippen LogP contribution in [0, 0.1) is 0 Å². The Morgan fingerprint density at radius 2 is 1.82 bits per heavy atom. The van der Waals surface area contributed by atoms with Crippen LogP contribution in [0.25, 0.3) is 0 Å². The van der Waals surface area contributed by atoms with Gasteiger partial charge in [-0.3, -0.25) is 4.79 Å². The average Bonchev–Trinajstić information content (AvgIpc) is 2.36. The van der Waals surface area contributed by atoms with Crippen LogP contribution in [0.4, 0.5) is 0 Å². The van der Waals surface area contributed by atoms with E-state index >= 15 is 0 Å². The number of carbonyl (C=O) groups excluding carboxylic acids is 1. The molecule has 0 aliphatic heterocycles. The van der Waals surface area contributed by atoms with Gasteiger partial charge in [-0.15, -0.1) is 0 Å². The Morgan fingerprint density at radius 1 is 1.18 bits per heavy atom. The van der Waals surface area contributed by atoms with Gasteiger partial charge in [-0.05, 0) is 18.7 Å². The summed E-state index contributed by atoms with van der Waals surface area (Å²) in [5.74, 6) is -0.150. The number of ether oxygens (including phenoxy) is 1. The summed E-state index contributed by atoms with van der Waals surface area (Å²) >= 11 is 0. The van der Waals surface area contributed by atoms with E-state index in [1.165, 1.54) is 0 Å². The number of rotatable bonds is 7. The van der Waals surface area contributed by atoms with Gasteiger partial charge in [0.05, 0.1) is 6.42 Å². The molecule has 0 atom stereocenters. The zero-order chi connectivity index (χ0) is 12.5. The summed E-state index contributed by atoms with van der Waals surface area (Å²) in [6, 6.07) is 9.67. The first-order valence-electron chi connectivity index (χ1n) is 6.18. The first-order valence-corrected chi connectivity index (χ1v) is 6.18. The van der Waals surface area contributed by atoms with Crippen LogP contribution in [0.5, 0.6) is 0 Å². The Bertz CT molecular complexity index is 320. The fourth-order valence-corrected chi connectivity index (χ4v) is 1.64. The smallest absolute Gasteiger partial charge is 0.310 e. The topological polar surface area (TPSA) is 29.5 Å². The van der Waals surface area contributed by atoms with Crippen molar-refractivity contribution in [2.75, 3.05) is 26.2 Å². The third-order valence-corrected chi connectivity index (χ3v) is 2.76. The summed E-state index contributed by atoms with van der Waals surface area (Å²) in [6.07, 6.45) is 0.360. The molecule has 0 aromatic heterocycles. The van der Waals surface area contributed by atoms with E-state index in [4.69, 9.17) is 4.74 Å². The lowest BCUT2D eigenvalue weighted by Gasteiger charge is -2.17. The van der Waals surface area contributed by atoms with E-state index in [0.717, 1.165) is 25.2 Å². The molecule has 3 heteroatoms. The van der Waals surface area contributed by atoms with Crippen LogP contribution in [0.3, 0.4) is 0 Å². The van der Waals surface area contributed by atoms with Crippen molar-refractivity contribution in [3.8, 4) is 0 Å². The lowest BCUT2D eigenvalue weighted by atomic mass is 10.2. The van der Waals surface area contributed by atoms with Crippen molar-refractivity contribution < 1.29 is 9.53 Å². The maximum Gasteiger partial charge on any atom is 0.310 e. The lowest BCUT2D eigenvalue weighted by molar-refractivity contribution is -0.143. The molecule has 0 heterocycles. The molecule has 17 heavy (non-hydrogen) atoms. The highest BCUT2D eigenvalue weighted by Crippen LogP contribution is 2.00. The van der Waals surface area contributed by atoms with Crippen LogP contribution >= 0.6 is 0 Å². The minimum Gasteiger partial charge on any atom is -0.464 e. The highest BCUT2D eigenvalue weighted by Gasteiger charge is 2.05. The highest BCUT2D eigenvalue weighted by atomic mass is 16.5. The number of nitrogens with zero attached hydrogens (tertiary/aromatic N) is 1. The molecule has 0 bridgehead atoms. The minimum absolute atomic E-state index is 0.150. The van der Waals surface area contributed by atoms with Crippen molar-refractivity contribution in [1.82, 2.24) is 4.90 Å². The predicted octanol–water partition coefficient (Wildman–Crippen LogP) is 2.11. The standard InChI is InChI=1S/C14H21NO2/c1-3-15(4-2)10-11-17-14(16)12-13-8-6-5-7-9-13/h5-9H,3-4,10-12H2,1-2H3. The normalized spacial score (nSPS) is 10.5. The number of carbonyl (C=O) groups is 1. The van der Waals surface area contributed by atoms with Gasteiger partial charge in [-0.25, -0.2) is 0 Å². The molecule has 0 saturated carbocycles. The third kappa shape index (κ3) is 5.50. The highest BCUT2D eigenvalue weighted by molar-refractivity contribution is 5.72. The molecule has 1 rings (SSSR count). The van der Waals surface area contributed by atoms with Gasteiger partial charge in [-0.1, -0.05) is 44.2 Å². The van der Waals surface area contributed by atoms with Crippen LogP contribution in [-0.2, 0) is 16.0 Å². The second kappa shape index (κ2) is 7.85. The Morgan fingerprint density at radius 3 is 2.41 bits per heavy atom. The van der Waals surface area contributed by atoms with Crippen LogP contribution in [-0.4, -0.2) is 37.1 Å². The van der Waals surface area contributed by atoms with Gasteiger partial charge in [0.2, 0.25) is 0 Å². The first-order chi connectivity index (χ1) is 8.26. The number of hydrogen-bond acceptors (Lipinski definition) is 3. The van der Waals surface area contributed by atoms with Crippen LogP contribution in [0.15, 0.2) is 30.3 Å². The fraction of sp³-hybridized carbons (Fsp3) is 0.500. The van der Waals surface area contributed by atoms with Gasteiger partial charge in [-0.2, -0.15) is 0 Å². The summed E-state index contributed by atoms with van der Waals surface area (Å²) in [5.41, 5.74) is 1.00. The Labute approximate surface area is 103 Å². The Hall–Kier alpha value is -1.35. The van der Waals surface area contributed by atoms with Crippen LogP contribution in [0.1, 0.15) is 19.4 Å². The summed E-state index contributed by atoms with van der Waals surface area (Å²) in [5, 5.41) is 0. The molecule has 1 aromatic carbocycles. The molecule has 0 N–H and O–H groups in total. The SMILES string of the molecule is CCN(CC)CCOC(=O)Cc1ccccc1. The molecular formula is C14H21NO2. The molecule has 0 saturated heterocycles. The Kier molecular flexibility index (Phi) is 6.33. The van der Waals surface area contributed by atoms with Crippen molar-refractivity contribution in [3.63, 3.8) is 0 Å². The second-order valence-electron chi connectivity index (χ2n) is 3.91. The minimum atomic E-state index is -0.150. The fourth-order valence-electron chi connectivity index (χ4n) is 1.64. The van der Waals surface area contributed by atoms with Gasteiger partial charge >= 0.3 is 5.97 Å². The summed E-state index contributed by atoms with van der Waals surface area (Å²) in [6.45, 7) is 7.49. The number of hydrogen-bond donors (Lipinski definition) is 0. The van der Waals surface area contributed by atoms with Crippen molar-refractivity contribution in [2.24, 2.45) is 0 Å². The van der Waals surface area contributed by atoms with E-state index in [1.54, 1.807) is 0 Å². The first kappa shape index (κ1) is 13.7. The van der Waals surface area contributed by atoms with Gasteiger partial charge in [0.25, 0.3) is 0 Å². The summed E-state index contributed by atoms with van der Waals surface area (Å²) in [7, 11) is 0. The summed E-state index contributed by atoms with van der Waals surface area (Å²) in [4.78, 5) is 13.8. The average molecular weight is 235 g/mol. The summed E-state index contributed by atoms with van der Waals surface area (Å²) < 4.78 is 5.20. The number of esters is 1. The van der Waals surface area contributed by atoms with Gasteiger partial charge in [0.15, 0.2) is 0 Å². The van der Waals surface area contributed by atoms with Crippen LogP contribution in [0.2, 0.25) is 0 Å². The van der Waals surface area contributed by atoms with Crippen molar-refractivity contribution in [1.29, 1.82) is 0 Å². The maximum atomic E-state index is 11.5. The van der Waals surface area contributed by atoms with E-state index in [0.29, 0.717) is 13.0 Å². The third-order valence-electron chi connectivity index (χ3n) is 2.76. The van der Waals surface area contributed by atoms with Crippen molar-refractivity contribution in [3.05, 3.63) is 35.9 Å². The molecule has 0 radical (unpaired) electrons. The Balaban J connectivity index is 2.22. The molecule has 0 aliphatic rings.